The molecule has 3 atom stereocenters. The van der Waals surface area contributed by atoms with Gasteiger partial charge in [0.1, 0.15) is 0 Å². The van der Waals surface area contributed by atoms with E-state index in [9.17, 15) is 19.4 Å². The van der Waals surface area contributed by atoms with Crippen LogP contribution in [-0.2, 0) is 18.4 Å². The summed E-state index contributed by atoms with van der Waals surface area (Å²) in [6.07, 6.45) is 67.5. The Morgan fingerprint density at radius 2 is 0.667 bits per heavy atom. The highest BCUT2D eigenvalue weighted by Crippen LogP contribution is 2.43. The molecule has 0 aromatic rings. The van der Waals surface area contributed by atoms with Crippen LogP contribution < -0.4 is 11.1 Å². The van der Waals surface area contributed by atoms with Gasteiger partial charge in [-0.3, -0.25) is 13.8 Å². The van der Waals surface area contributed by atoms with Crippen LogP contribution >= 0.6 is 7.82 Å². The number of hydrogen-bond donors (Lipinski definition) is 4. The molecule has 0 aliphatic heterocycles. The van der Waals surface area contributed by atoms with Crippen molar-refractivity contribution in [3.63, 3.8) is 0 Å². The molecule has 0 fully saturated rings. The zero-order chi connectivity index (χ0) is 50.2. The van der Waals surface area contributed by atoms with Gasteiger partial charge in [0.05, 0.1) is 25.4 Å². The fraction of sp³-hybridized carbons (Fsp3) is 0.983. The number of phosphoric acid groups is 1. The van der Waals surface area contributed by atoms with Gasteiger partial charge < -0.3 is 21.1 Å². The lowest BCUT2D eigenvalue weighted by Gasteiger charge is -2.25. The number of phosphoric ester groups is 1. The first-order valence-corrected chi connectivity index (χ1v) is 32.6. The second-order valence-corrected chi connectivity index (χ2v) is 23.1. The number of rotatable bonds is 60. The summed E-state index contributed by atoms with van der Waals surface area (Å²) < 4.78 is 22.4. The molecule has 9 heteroatoms. The van der Waals surface area contributed by atoms with E-state index in [1.165, 1.54) is 283 Å². The van der Waals surface area contributed by atoms with Crippen LogP contribution in [0.5, 0.6) is 0 Å². The lowest BCUT2D eigenvalue weighted by molar-refractivity contribution is -0.123. The molecule has 0 aromatic carbocycles. The van der Waals surface area contributed by atoms with Gasteiger partial charge in [0.2, 0.25) is 5.91 Å². The van der Waals surface area contributed by atoms with Gasteiger partial charge in [0, 0.05) is 13.0 Å². The summed E-state index contributed by atoms with van der Waals surface area (Å²) in [4.78, 5) is 22.9. The van der Waals surface area contributed by atoms with Gasteiger partial charge >= 0.3 is 7.82 Å². The highest BCUT2D eigenvalue weighted by atomic mass is 31.2. The number of nitrogens with two attached hydrogens (primary N) is 1. The molecule has 0 saturated carbocycles. The van der Waals surface area contributed by atoms with E-state index in [4.69, 9.17) is 14.8 Å². The van der Waals surface area contributed by atoms with Crippen LogP contribution in [-0.4, -0.2) is 47.8 Å². The molecule has 0 aromatic heterocycles. The minimum Gasteiger partial charge on any atom is -0.391 e. The van der Waals surface area contributed by atoms with Crippen molar-refractivity contribution in [1.29, 1.82) is 0 Å². The Morgan fingerprint density at radius 1 is 0.420 bits per heavy atom. The van der Waals surface area contributed by atoms with Crippen LogP contribution in [0.25, 0.3) is 0 Å². The number of aliphatic hydroxyl groups is 1. The zero-order valence-electron chi connectivity index (χ0n) is 46.6. The van der Waals surface area contributed by atoms with E-state index in [0.717, 1.165) is 38.5 Å². The number of unbranched alkanes of at least 4 members (excludes halogenated alkanes) is 48. The number of amides is 1. The molecule has 69 heavy (non-hydrogen) atoms. The number of carbonyl (C=O) groups excluding carboxylic acids is 1. The zero-order valence-corrected chi connectivity index (χ0v) is 47.5. The third-order valence-corrected chi connectivity index (χ3v) is 15.7. The van der Waals surface area contributed by atoms with Gasteiger partial charge in [-0.2, -0.15) is 0 Å². The van der Waals surface area contributed by atoms with E-state index in [1.807, 2.05) is 0 Å². The number of hydrogen-bond acceptors (Lipinski definition) is 6. The summed E-state index contributed by atoms with van der Waals surface area (Å²) >= 11 is 0. The molecule has 0 aliphatic rings. The summed E-state index contributed by atoms with van der Waals surface area (Å²) in [6.45, 7) is 4.28. The van der Waals surface area contributed by atoms with Crippen molar-refractivity contribution >= 4 is 13.7 Å². The summed E-state index contributed by atoms with van der Waals surface area (Å²) in [5.74, 6) is -0.151. The quantitative estimate of drug-likeness (QED) is 0.0352. The molecule has 8 nitrogen and oxygen atoms in total. The minimum absolute atomic E-state index is 0.0930. The molecule has 5 N–H and O–H groups in total. The molecule has 0 saturated heterocycles. The standard InChI is InChI=1S/C60H123N2O6P/c1-3-5-7-9-11-13-15-17-19-21-22-23-24-25-26-27-28-29-30-31-32-33-34-35-36-38-40-42-44-46-48-50-52-54-60(64)62-58(57-68-69(65,66)67-56-55-61)59(63)53-51-49-47-45-43-41-39-37-20-18-16-14-12-10-8-6-4-2/h58-59,63H,3-57,61H2,1-2H3,(H,62,64)(H,65,66)/t58-,59+/m0/s1. The SMILES string of the molecule is CCCCCCCCCCCCCCCCCCCCCCCCCCCCCCCCCCCC(=O)N[C@@H](COP(=O)(O)OCCN)[C@H](O)CCCCCCCCCCCCCCCCCCC. The van der Waals surface area contributed by atoms with Gasteiger partial charge in [-0.1, -0.05) is 328 Å². The van der Waals surface area contributed by atoms with Crippen LogP contribution in [0.3, 0.4) is 0 Å². The number of carbonyl (C=O) groups is 1. The van der Waals surface area contributed by atoms with E-state index in [2.05, 4.69) is 19.2 Å². The third kappa shape index (κ3) is 55.1. The van der Waals surface area contributed by atoms with Crippen LogP contribution in [0, 0.1) is 0 Å². The first kappa shape index (κ1) is 68.5. The number of aliphatic hydroxyl groups excluding tert-OH is 1. The Kier molecular flexibility index (Phi) is 56.4. The smallest absolute Gasteiger partial charge is 0.391 e. The van der Waals surface area contributed by atoms with Gasteiger partial charge in [-0.05, 0) is 12.8 Å². The summed E-state index contributed by atoms with van der Waals surface area (Å²) in [6, 6.07) is -0.770. The van der Waals surface area contributed by atoms with Gasteiger partial charge in [0.15, 0.2) is 0 Å². The summed E-state index contributed by atoms with van der Waals surface area (Å²) in [7, 11) is -4.32. The maximum Gasteiger partial charge on any atom is 0.472 e. The van der Waals surface area contributed by atoms with Crippen molar-refractivity contribution < 1.29 is 28.4 Å². The van der Waals surface area contributed by atoms with E-state index < -0.39 is 20.0 Å². The Bertz CT molecular complexity index is 1050. The minimum atomic E-state index is -4.32. The highest BCUT2D eigenvalue weighted by Gasteiger charge is 2.27. The Labute approximate surface area is 431 Å². The maximum absolute atomic E-state index is 12.9. The van der Waals surface area contributed by atoms with Crippen molar-refractivity contribution in [3.05, 3.63) is 0 Å². The van der Waals surface area contributed by atoms with Crippen molar-refractivity contribution in [3.8, 4) is 0 Å². The fourth-order valence-corrected chi connectivity index (χ4v) is 10.8. The lowest BCUT2D eigenvalue weighted by atomic mass is 10.0. The molecule has 414 valence electrons. The third-order valence-electron chi connectivity index (χ3n) is 14.7. The first-order valence-electron chi connectivity index (χ1n) is 31.2. The topological polar surface area (TPSA) is 131 Å². The van der Waals surface area contributed by atoms with Crippen molar-refractivity contribution in [1.82, 2.24) is 5.32 Å². The summed E-state index contributed by atoms with van der Waals surface area (Å²) in [5.41, 5.74) is 5.42. The van der Waals surface area contributed by atoms with E-state index in [1.54, 1.807) is 0 Å². The summed E-state index contributed by atoms with van der Waals surface area (Å²) in [5, 5.41) is 13.9. The monoisotopic (exact) mass is 999 g/mol. The van der Waals surface area contributed by atoms with Crippen molar-refractivity contribution in [2.75, 3.05) is 19.8 Å². The Morgan fingerprint density at radius 3 is 0.928 bits per heavy atom. The van der Waals surface area contributed by atoms with E-state index >= 15 is 0 Å². The van der Waals surface area contributed by atoms with Crippen LogP contribution in [0.1, 0.15) is 348 Å². The average molecular weight is 1000 g/mol. The maximum atomic E-state index is 12.9. The van der Waals surface area contributed by atoms with E-state index in [0.29, 0.717) is 12.8 Å². The second kappa shape index (κ2) is 56.8. The molecule has 0 aliphatic carbocycles. The Hall–Kier alpha value is -0.500. The average Bonchev–Trinajstić information content (AvgIpc) is 3.34. The van der Waals surface area contributed by atoms with Crippen LogP contribution in [0.15, 0.2) is 0 Å². The highest BCUT2D eigenvalue weighted by molar-refractivity contribution is 7.47. The van der Waals surface area contributed by atoms with Gasteiger partial charge in [-0.25, -0.2) is 4.57 Å². The predicted molar refractivity (Wildman–Crippen MR) is 300 cm³/mol. The van der Waals surface area contributed by atoms with Crippen LogP contribution in [0.2, 0.25) is 0 Å². The predicted octanol–water partition coefficient (Wildman–Crippen LogP) is 19.2. The molecular formula is C60H123N2O6P. The molecule has 1 unspecified atom stereocenters. The first-order chi connectivity index (χ1) is 33.9. The molecule has 0 spiro atoms. The van der Waals surface area contributed by atoms with Crippen LogP contribution in [0.4, 0.5) is 0 Å². The molecule has 0 radical (unpaired) electrons. The Balaban J connectivity index is 3.79. The fourth-order valence-electron chi connectivity index (χ4n) is 10.0. The van der Waals surface area contributed by atoms with Gasteiger partial charge in [0.25, 0.3) is 0 Å². The second-order valence-electron chi connectivity index (χ2n) is 21.6. The molecule has 1 amide bonds. The van der Waals surface area contributed by atoms with Crippen molar-refractivity contribution in [2.45, 2.75) is 360 Å². The van der Waals surface area contributed by atoms with Gasteiger partial charge in [-0.15, -0.1) is 0 Å². The van der Waals surface area contributed by atoms with Crippen molar-refractivity contribution in [2.24, 2.45) is 5.73 Å². The molecule has 0 bridgehead atoms. The molecule has 0 rings (SSSR count). The lowest BCUT2D eigenvalue weighted by Crippen LogP contribution is -2.46. The molecular weight excluding hydrogens is 876 g/mol. The van der Waals surface area contributed by atoms with E-state index in [-0.39, 0.29) is 25.7 Å². The molecule has 0 heterocycles. The normalized spacial score (nSPS) is 13.5. The number of nitrogens with one attached hydrogen (secondary N) is 1. The largest absolute Gasteiger partial charge is 0.472 e.